The minimum Gasteiger partial charge on any atom is -0.476 e. The molecule has 0 aliphatic rings. The average molecular weight is 267 g/mol. The maximum Gasteiger partial charge on any atom is 0.358 e. The molecule has 2 rings (SSSR count). The number of aromatic nitrogens is 1. The van der Waals surface area contributed by atoms with Crippen LogP contribution in [0.4, 0.5) is 0 Å². The molecule has 0 unspecified atom stereocenters. The lowest BCUT2D eigenvalue weighted by molar-refractivity contribution is 0.0691. The van der Waals surface area contributed by atoms with Crippen molar-refractivity contribution in [3.05, 3.63) is 36.4 Å². The van der Waals surface area contributed by atoms with E-state index in [1.807, 2.05) is 0 Å². The standard InChI is InChI=1S/C11H9NO5S/c1-18(15,16)8-4-2-3-7(5-8)10-9(11(13)14)12-6-17-10/h2-6H,1H3,(H,13,14). The minimum absolute atomic E-state index is 0.0352. The average Bonchev–Trinajstić information content (AvgIpc) is 2.77. The topological polar surface area (TPSA) is 97.5 Å². The molecule has 1 aromatic carbocycles. The van der Waals surface area contributed by atoms with Crippen LogP contribution in [-0.4, -0.2) is 30.7 Å². The van der Waals surface area contributed by atoms with Crippen molar-refractivity contribution in [2.75, 3.05) is 6.26 Å². The van der Waals surface area contributed by atoms with Gasteiger partial charge in [-0.15, -0.1) is 0 Å². The Bertz CT molecular complexity index is 702. The van der Waals surface area contributed by atoms with E-state index in [-0.39, 0.29) is 16.3 Å². The van der Waals surface area contributed by atoms with Crippen molar-refractivity contribution in [1.29, 1.82) is 0 Å². The number of hydrogen-bond acceptors (Lipinski definition) is 5. The first kappa shape index (κ1) is 12.3. The zero-order valence-electron chi connectivity index (χ0n) is 9.32. The molecule has 0 amide bonds. The maximum absolute atomic E-state index is 11.4. The lowest BCUT2D eigenvalue weighted by Crippen LogP contribution is -2.00. The second kappa shape index (κ2) is 4.26. The van der Waals surface area contributed by atoms with Crippen LogP contribution in [0.2, 0.25) is 0 Å². The first-order valence-electron chi connectivity index (χ1n) is 4.87. The van der Waals surface area contributed by atoms with Crippen molar-refractivity contribution < 1.29 is 22.7 Å². The van der Waals surface area contributed by atoms with Crippen LogP contribution < -0.4 is 0 Å². The molecular formula is C11H9NO5S. The van der Waals surface area contributed by atoms with Crippen LogP contribution in [0, 0.1) is 0 Å². The molecule has 18 heavy (non-hydrogen) atoms. The highest BCUT2D eigenvalue weighted by Crippen LogP contribution is 2.25. The van der Waals surface area contributed by atoms with Gasteiger partial charge < -0.3 is 9.52 Å². The molecule has 6 nitrogen and oxygen atoms in total. The van der Waals surface area contributed by atoms with E-state index in [0.29, 0.717) is 5.56 Å². The third-order valence-electron chi connectivity index (χ3n) is 2.29. The molecule has 7 heteroatoms. The van der Waals surface area contributed by atoms with Crippen molar-refractivity contribution >= 4 is 15.8 Å². The number of oxazole rings is 1. The lowest BCUT2D eigenvalue weighted by atomic mass is 10.1. The Morgan fingerprint density at radius 1 is 1.39 bits per heavy atom. The third kappa shape index (κ3) is 2.25. The van der Waals surface area contributed by atoms with Crippen molar-refractivity contribution in [1.82, 2.24) is 4.98 Å². The summed E-state index contributed by atoms with van der Waals surface area (Å²) in [5.74, 6) is -1.20. The number of carboxylic acid groups (broad SMARTS) is 1. The van der Waals surface area contributed by atoms with Gasteiger partial charge in [0, 0.05) is 11.8 Å². The number of carbonyl (C=O) groups is 1. The summed E-state index contributed by atoms with van der Waals surface area (Å²) in [4.78, 5) is 14.6. The number of hydrogen-bond donors (Lipinski definition) is 1. The molecule has 0 spiro atoms. The molecule has 2 aromatic rings. The van der Waals surface area contributed by atoms with Gasteiger partial charge in [0.1, 0.15) is 0 Å². The van der Waals surface area contributed by atoms with Gasteiger partial charge in [-0.3, -0.25) is 0 Å². The molecule has 0 radical (unpaired) electrons. The molecule has 1 heterocycles. The zero-order valence-corrected chi connectivity index (χ0v) is 10.1. The second-order valence-electron chi connectivity index (χ2n) is 3.64. The van der Waals surface area contributed by atoms with Crippen LogP contribution in [0.5, 0.6) is 0 Å². The summed E-state index contributed by atoms with van der Waals surface area (Å²) in [7, 11) is -3.36. The van der Waals surface area contributed by atoms with Crippen LogP contribution >= 0.6 is 0 Å². The Kier molecular flexibility index (Phi) is 2.92. The largest absolute Gasteiger partial charge is 0.476 e. The molecule has 94 valence electrons. The first-order valence-corrected chi connectivity index (χ1v) is 6.76. The predicted octanol–water partition coefficient (Wildman–Crippen LogP) is 1.44. The van der Waals surface area contributed by atoms with E-state index in [0.717, 1.165) is 12.6 Å². The molecule has 0 bridgehead atoms. The summed E-state index contributed by atoms with van der Waals surface area (Å²) in [5, 5.41) is 8.90. The van der Waals surface area contributed by atoms with Gasteiger partial charge >= 0.3 is 5.97 Å². The number of rotatable bonds is 3. The van der Waals surface area contributed by atoms with Crippen molar-refractivity contribution in [3.8, 4) is 11.3 Å². The quantitative estimate of drug-likeness (QED) is 0.903. The summed E-state index contributed by atoms with van der Waals surface area (Å²) in [5.41, 5.74) is 0.105. The third-order valence-corrected chi connectivity index (χ3v) is 3.40. The molecule has 0 saturated carbocycles. The summed E-state index contributed by atoms with van der Waals surface area (Å²) in [6.45, 7) is 0. The molecule has 1 N–H and O–H groups in total. The highest BCUT2D eigenvalue weighted by molar-refractivity contribution is 7.90. The van der Waals surface area contributed by atoms with Crippen LogP contribution in [0.15, 0.2) is 40.0 Å². The number of nitrogens with zero attached hydrogens (tertiary/aromatic N) is 1. The van der Waals surface area contributed by atoms with Crippen molar-refractivity contribution in [3.63, 3.8) is 0 Å². The highest BCUT2D eigenvalue weighted by atomic mass is 32.2. The van der Waals surface area contributed by atoms with E-state index in [4.69, 9.17) is 9.52 Å². The minimum atomic E-state index is -3.36. The van der Waals surface area contributed by atoms with Crippen molar-refractivity contribution in [2.24, 2.45) is 0 Å². The van der Waals surface area contributed by atoms with Gasteiger partial charge in [-0.05, 0) is 12.1 Å². The van der Waals surface area contributed by atoms with E-state index >= 15 is 0 Å². The first-order chi connectivity index (χ1) is 8.39. The van der Waals surface area contributed by atoms with E-state index in [2.05, 4.69) is 4.98 Å². The number of sulfone groups is 1. The van der Waals surface area contributed by atoms with E-state index < -0.39 is 15.8 Å². The van der Waals surface area contributed by atoms with Crippen LogP contribution in [0.25, 0.3) is 11.3 Å². The zero-order chi connectivity index (χ0) is 13.3. The number of carboxylic acids is 1. The predicted molar refractivity (Wildman–Crippen MR) is 62.0 cm³/mol. The molecule has 0 aliphatic heterocycles. The molecule has 0 aliphatic carbocycles. The molecule has 0 fully saturated rings. The molecular weight excluding hydrogens is 258 g/mol. The molecule has 1 aromatic heterocycles. The van der Waals surface area contributed by atoms with Gasteiger partial charge in [-0.25, -0.2) is 18.2 Å². The Hall–Kier alpha value is -2.15. The Balaban J connectivity index is 2.59. The summed E-state index contributed by atoms with van der Waals surface area (Å²) in [6.07, 6.45) is 2.08. The van der Waals surface area contributed by atoms with Gasteiger partial charge in [0.15, 0.2) is 27.7 Å². The monoisotopic (exact) mass is 267 g/mol. The SMILES string of the molecule is CS(=O)(=O)c1cccc(-c2ocnc2C(=O)O)c1. The fourth-order valence-corrected chi connectivity index (χ4v) is 2.14. The number of aromatic carboxylic acids is 1. The normalized spacial score (nSPS) is 11.4. The van der Waals surface area contributed by atoms with Gasteiger partial charge in [0.2, 0.25) is 0 Å². The summed E-state index contributed by atoms with van der Waals surface area (Å²) in [6, 6.07) is 5.85. The fourth-order valence-electron chi connectivity index (χ4n) is 1.47. The summed E-state index contributed by atoms with van der Waals surface area (Å²) < 4.78 is 27.8. The van der Waals surface area contributed by atoms with Crippen LogP contribution in [-0.2, 0) is 9.84 Å². The maximum atomic E-state index is 11.4. The Morgan fingerprint density at radius 2 is 2.11 bits per heavy atom. The van der Waals surface area contributed by atoms with Gasteiger partial charge in [0.05, 0.1) is 4.90 Å². The van der Waals surface area contributed by atoms with E-state index in [1.165, 1.54) is 18.2 Å². The van der Waals surface area contributed by atoms with E-state index in [1.54, 1.807) is 6.07 Å². The van der Waals surface area contributed by atoms with Gasteiger partial charge in [-0.2, -0.15) is 0 Å². The molecule has 0 saturated heterocycles. The lowest BCUT2D eigenvalue weighted by Gasteiger charge is -2.01. The fraction of sp³-hybridized carbons (Fsp3) is 0.0909. The molecule has 0 atom stereocenters. The Labute approximate surface area is 103 Å². The van der Waals surface area contributed by atoms with Crippen molar-refractivity contribution in [2.45, 2.75) is 4.90 Å². The number of benzene rings is 1. The smallest absolute Gasteiger partial charge is 0.358 e. The summed E-state index contributed by atoms with van der Waals surface area (Å²) >= 11 is 0. The van der Waals surface area contributed by atoms with E-state index in [9.17, 15) is 13.2 Å². The van der Waals surface area contributed by atoms with Crippen LogP contribution in [0.3, 0.4) is 0 Å². The van der Waals surface area contributed by atoms with Gasteiger partial charge in [0.25, 0.3) is 0 Å². The Morgan fingerprint density at radius 3 is 2.72 bits per heavy atom. The van der Waals surface area contributed by atoms with Gasteiger partial charge in [-0.1, -0.05) is 12.1 Å². The highest BCUT2D eigenvalue weighted by Gasteiger charge is 2.18. The second-order valence-corrected chi connectivity index (χ2v) is 5.65. The van der Waals surface area contributed by atoms with Crippen LogP contribution in [0.1, 0.15) is 10.5 Å².